The Bertz CT molecular complexity index is 489. The van der Waals surface area contributed by atoms with Gasteiger partial charge < -0.3 is 15.5 Å². The van der Waals surface area contributed by atoms with Gasteiger partial charge in [0.25, 0.3) is 0 Å². The molecular formula is C18H29N3O. The van der Waals surface area contributed by atoms with E-state index >= 15 is 0 Å². The van der Waals surface area contributed by atoms with Crippen molar-refractivity contribution < 1.29 is 4.79 Å². The van der Waals surface area contributed by atoms with E-state index < -0.39 is 0 Å². The van der Waals surface area contributed by atoms with Crippen LogP contribution in [0.2, 0.25) is 0 Å². The van der Waals surface area contributed by atoms with Crippen molar-refractivity contribution in [1.82, 2.24) is 10.6 Å². The lowest BCUT2D eigenvalue weighted by Crippen LogP contribution is -2.44. The molecule has 0 radical (unpaired) electrons. The van der Waals surface area contributed by atoms with Gasteiger partial charge in [0, 0.05) is 37.3 Å². The summed E-state index contributed by atoms with van der Waals surface area (Å²) in [4.78, 5) is 14.6. The van der Waals surface area contributed by atoms with Gasteiger partial charge in [-0.15, -0.1) is 0 Å². The van der Waals surface area contributed by atoms with E-state index in [0.717, 1.165) is 32.5 Å². The van der Waals surface area contributed by atoms with Crippen LogP contribution in [0, 0.1) is 12.8 Å². The highest BCUT2D eigenvalue weighted by atomic mass is 16.1. The molecule has 0 bridgehead atoms. The molecule has 1 aliphatic rings. The molecule has 4 nitrogen and oxygen atoms in total. The number of nitrogens with zero attached hydrogens (tertiary/aromatic N) is 1. The first-order valence-corrected chi connectivity index (χ1v) is 8.43. The summed E-state index contributed by atoms with van der Waals surface area (Å²) in [5.74, 6) is 0.388. The first kappa shape index (κ1) is 16.8. The number of carbonyl (C=O) groups excluding carboxylic acids is 1. The highest BCUT2D eigenvalue weighted by molar-refractivity contribution is 5.78. The molecule has 1 aromatic carbocycles. The van der Waals surface area contributed by atoms with E-state index in [0.29, 0.717) is 12.6 Å². The van der Waals surface area contributed by atoms with Gasteiger partial charge in [0.05, 0.1) is 0 Å². The van der Waals surface area contributed by atoms with Gasteiger partial charge >= 0.3 is 0 Å². The number of hydrogen-bond donors (Lipinski definition) is 2. The maximum atomic E-state index is 12.3. The molecule has 1 saturated heterocycles. The van der Waals surface area contributed by atoms with Crippen LogP contribution in [0.25, 0.3) is 0 Å². The number of anilines is 1. The number of carbonyl (C=O) groups is 1. The zero-order valence-electron chi connectivity index (χ0n) is 14.1. The summed E-state index contributed by atoms with van der Waals surface area (Å²) in [6, 6.07) is 8.86. The highest BCUT2D eigenvalue weighted by Crippen LogP contribution is 2.19. The smallest absolute Gasteiger partial charge is 0.223 e. The Kier molecular flexibility index (Phi) is 6.25. The van der Waals surface area contributed by atoms with Crippen LogP contribution < -0.4 is 15.5 Å². The molecule has 0 aromatic heterocycles. The molecule has 4 heteroatoms. The quantitative estimate of drug-likeness (QED) is 0.848. The van der Waals surface area contributed by atoms with E-state index in [1.165, 1.54) is 11.3 Å². The lowest BCUT2D eigenvalue weighted by molar-refractivity contribution is -0.126. The highest BCUT2D eigenvalue weighted by Gasteiger charge is 2.24. The Morgan fingerprint density at radius 3 is 2.86 bits per heavy atom. The summed E-state index contributed by atoms with van der Waals surface area (Å²) >= 11 is 0. The Hall–Kier alpha value is -1.55. The van der Waals surface area contributed by atoms with Crippen molar-refractivity contribution >= 4 is 11.6 Å². The van der Waals surface area contributed by atoms with Crippen molar-refractivity contribution in [2.75, 3.05) is 31.1 Å². The molecule has 0 aliphatic carbocycles. The zero-order chi connectivity index (χ0) is 15.9. The normalized spacial score (nSPS) is 21.4. The molecule has 1 amide bonds. The first-order chi connectivity index (χ1) is 10.6. The molecule has 0 unspecified atom stereocenters. The Morgan fingerprint density at radius 1 is 1.41 bits per heavy atom. The number of piperidine rings is 1. The zero-order valence-corrected chi connectivity index (χ0v) is 14.1. The fourth-order valence-electron chi connectivity index (χ4n) is 3.20. The predicted molar refractivity (Wildman–Crippen MR) is 92.3 cm³/mol. The molecule has 1 aliphatic heterocycles. The van der Waals surface area contributed by atoms with Gasteiger partial charge in [0.15, 0.2) is 0 Å². The minimum atomic E-state index is 0.171. The number of benzene rings is 1. The third kappa shape index (κ3) is 4.47. The van der Waals surface area contributed by atoms with Crippen LogP contribution >= 0.6 is 0 Å². The molecule has 122 valence electrons. The van der Waals surface area contributed by atoms with Gasteiger partial charge in [-0.25, -0.2) is 0 Å². The number of hydrogen-bond acceptors (Lipinski definition) is 3. The summed E-state index contributed by atoms with van der Waals surface area (Å²) < 4.78 is 0. The fourth-order valence-corrected chi connectivity index (χ4v) is 3.20. The van der Waals surface area contributed by atoms with Crippen LogP contribution in [-0.4, -0.2) is 38.1 Å². The number of likely N-dealkylation sites (N-methyl/N-ethyl adjacent to an activating group) is 1. The fraction of sp³-hybridized carbons (Fsp3) is 0.611. The third-order valence-electron chi connectivity index (χ3n) is 4.51. The molecule has 1 fully saturated rings. The van der Waals surface area contributed by atoms with Crippen LogP contribution in [0.1, 0.15) is 32.3 Å². The number of amides is 1. The summed E-state index contributed by atoms with van der Waals surface area (Å²) in [6.45, 7) is 9.90. The van der Waals surface area contributed by atoms with E-state index in [4.69, 9.17) is 0 Å². The molecular weight excluding hydrogens is 274 g/mol. The first-order valence-electron chi connectivity index (χ1n) is 8.43. The van der Waals surface area contributed by atoms with Crippen LogP contribution in [0.5, 0.6) is 0 Å². The largest absolute Gasteiger partial charge is 0.370 e. The van der Waals surface area contributed by atoms with Gasteiger partial charge in [-0.2, -0.15) is 0 Å². The third-order valence-corrected chi connectivity index (χ3v) is 4.51. The summed E-state index contributed by atoms with van der Waals surface area (Å²) in [6.07, 6.45) is 1.90. The average molecular weight is 303 g/mol. The van der Waals surface area contributed by atoms with Crippen molar-refractivity contribution in [3.05, 3.63) is 29.8 Å². The monoisotopic (exact) mass is 303 g/mol. The maximum Gasteiger partial charge on any atom is 0.223 e. The Labute approximate surface area is 134 Å². The van der Waals surface area contributed by atoms with Crippen molar-refractivity contribution in [1.29, 1.82) is 0 Å². The van der Waals surface area contributed by atoms with Gasteiger partial charge in [-0.3, -0.25) is 4.79 Å². The molecule has 1 aromatic rings. The van der Waals surface area contributed by atoms with Crippen molar-refractivity contribution in [3.63, 3.8) is 0 Å². The van der Waals surface area contributed by atoms with Crippen LogP contribution in [0.3, 0.4) is 0 Å². The molecule has 2 rings (SSSR count). The van der Waals surface area contributed by atoms with Crippen LogP contribution in [0.15, 0.2) is 24.3 Å². The number of para-hydroxylation sites is 1. The van der Waals surface area contributed by atoms with E-state index in [1.807, 2.05) is 0 Å². The van der Waals surface area contributed by atoms with Gasteiger partial charge in [0.2, 0.25) is 5.91 Å². The predicted octanol–water partition coefficient (Wildman–Crippen LogP) is 2.33. The molecule has 2 N–H and O–H groups in total. The molecule has 0 spiro atoms. The van der Waals surface area contributed by atoms with Gasteiger partial charge in [-0.1, -0.05) is 18.2 Å². The molecule has 1 heterocycles. The standard InChI is InChI=1S/C18H29N3O/c1-4-21(17-8-6-5-7-14(17)2)12-11-20-18(22)16-9-10-19-15(3)13-16/h5-8,15-16,19H,4,9-13H2,1-3H3,(H,20,22)/t15-,16-/m0/s1. The lowest BCUT2D eigenvalue weighted by atomic mass is 9.92. The van der Waals surface area contributed by atoms with Crippen molar-refractivity contribution in [3.8, 4) is 0 Å². The van der Waals surface area contributed by atoms with Crippen molar-refractivity contribution in [2.24, 2.45) is 5.92 Å². The topological polar surface area (TPSA) is 44.4 Å². The van der Waals surface area contributed by atoms with E-state index in [9.17, 15) is 4.79 Å². The minimum absolute atomic E-state index is 0.171. The van der Waals surface area contributed by atoms with Crippen molar-refractivity contribution in [2.45, 2.75) is 39.7 Å². The Balaban J connectivity index is 1.81. The molecule has 22 heavy (non-hydrogen) atoms. The second-order valence-electron chi connectivity index (χ2n) is 6.23. The van der Waals surface area contributed by atoms with E-state index in [1.54, 1.807) is 0 Å². The Morgan fingerprint density at radius 2 is 2.18 bits per heavy atom. The maximum absolute atomic E-state index is 12.3. The number of aryl methyl sites for hydroxylation is 1. The van der Waals surface area contributed by atoms with Gasteiger partial charge in [-0.05, 0) is 51.8 Å². The lowest BCUT2D eigenvalue weighted by Gasteiger charge is -2.28. The number of rotatable bonds is 6. The molecule has 2 atom stereocenters. The van der Waals surface area contributed by atoms with Gasteiger partial charge in [0.1, 0.15) is 0 Å². The van der Waals surface area contributed by atoms with E-state index in [-0.39, 0.29) is 11.8 Å². The second kappa shape index (κ2) is 8.18. The minimum Gasteiger partial charge on any atom is -0.370 e. The number of nitrogens with one attached hydrogen (secondary N) is 2. The second-order valence-corrected chi connectivity index (χ2v) is 6.23. The summed E-state index contributed by atoms with van der Waals surface area (Å²) in [7, 11) is 0. The SMILES string of the molecule is CCN(CCNC(=O)[C@H]1CCN[C@@H](C)C1)c1ccccc1C. The van der Waals surface area contributed by atoms with Crippen LogP contribution in [0.4, 0.5) is 5.69 Å². The average Bonchev–Trinajstić information content (AvgIpc) is 2.52. The summed E-state index contributed by atoms with van der Waals surface area (Å²) in [5, 5.41) is 6.51. The molecule has 0 saturated carbocycles. The van der Waals surface area contributed by atoms with Crippen LogP contribution in [-0.2, 0) is 4.79 Å². The van der Waals surface area contributed by atoms with E-state index in [2.05, 4.69) is 60.6 Å². The summed E-state index contributed by atoms with van der Waals surface area (Å²) in [5.41, 5.74) is 2.54.